The molecule has 2 fully saturated rings. The van der Waals surface area contributed by atoms with E-state index in [0.717, 1.165) is 15.0 Å². The van der Waals surface area contributed by atoms with E-state index in [-0.39, 0.29) is 32.2 Å². The summed E-state index contributed by atoms with van der Waals surface area (Å²) < 4.78 is 0. The number of nitrogens with one attached hydrogen (secondary N) is 2. The van der Waals surface area contributed by atoms with Crippen LogP contribution < -0.4 is 10.7 Å². The molecule has 0 saturated carbocycles. The molecule has 2 saturated heterocycles. The maximum absolute atomic E-state index is 12.8. The van der Waals surface area contributed by atoms with E-state index in [1.165, 1.54) is 0 Å². The number of aliphatic hydroxyl groups excluding tert-OH is 1. The van der Waals surface area contributed by atoms with Crippen LogP contribution in [0.25, 0.3) is 0 Å². The van der Waals surface area contributed by atoms with E-state index in [9.17, 15) is 28.8 Å². The van der Waals surface area contributed by atoms with Gasteiger partial charge in [-0.05, 0) is 12.8 Å². The number of carboxylic acid groups (broad SMARTS) is 1. The van der Waals surface area contributed by atoms with Crippen molar-refractivity contribution in [3.05, 3.63) is 0 Å². The van der Waals surface area contributed by atoms with E-state index in [1.54, 1.807) is 0 Å². The number of aliphatic carboxylic acids is 1. The van der Waals surface area contributed by atoms with E-state index in [1.807, 2.05) is 0 Å². The van der Waals surface area contributed by atoms with Crippen molar-refractivity contribution in [2.24, 2.45) is 0 Å². The first-order valence-electron chi connectivity index (χ1n) is 8.57. The quantitative estimate of drug-likeness (QED) is 0.332. The van der Waals surface area contributed by atoms with Crippen LogP contribution in [-0.2, 0) is 24.0 Å². The molecule has 13 heteroatoms. The molecule has 154 valence electrons. The molecule has 13 nitrogen and oxygen atoms in total. The lowest BCUT2D eigenvalue weighted by atomic mass is 10.1. The minimum atomic E-state index is -1.29. The summed E-state index contributed by atoms with van der Waals surface area (Å²) in [6, 6.07) is -3.31. The van der Waals surface area contributed by atoms with Crippen LogP contribution in [0.3, 0.4) is 0 Å². The van der Waals surface area contributed by atoms with Gasteiger partial charge >= 0.3 is 12.0 Å². The maximum Gasteiger partial charge on any atom is 0.358 e. The van der Waals surface area contributed by atoms with Gasteiger partial charge in [-0.1, -0.05) is 0 Å². The number of hydrogen-bond donors (Lipinski definition) is 4. The van der Waals surface area contributed by atoms with Crippen LogP contribution in [0.15, 0.2) is 0 Å². The lowest BCUT2D eigenvalue weighted by Gasteiger charge is -2.42. The van der Waals surface area contributed by atoms with Gasteiger partial charge in [0.05, 0.1) is 19.0 Å². The van der Waals surface area contributed by atoms with E-state index < -0.39 is 54.8 Å². The van der Waals surface area contributed by atoms with Gasteiger partial charge < -0.3 is 20.3 Å². The van der Waals surface area contributed by atoms with Gasteiger partial charge in [0, 0.05) is 13.0 Å². The first-order chi connectivity index (χ1) is 13.3. The summed E-state index contributed by atoms with van der Waals surface area (Å²) in [4.78, 5) is 71.0. The highest BCUT2D eigenvalue weighted by Crippen LogP contribution is 2.23. The number of aldehydes is 1. The number of rotatable bonds is 7. The zero-order chi connectivity index (χ0) is 20.8. The SMILES string of the molecule is O=C[C@H](CC(=O)O)NC(=O)[C@@H]1CCCN2C(=O)CCN(NC(=O)CO)C(=O)N12. The van der Waals surface area contributed by atoms with Crippen molar-refractivity contribution < 1.29 is 39.0 Å². The summed E-state index contributed by atoms with van der Waals surface area (Å²) in [5, 5.41) is 22.7. The van der Waals surface area contributed by atoms with Crippen molar-refractivity contribution >= 4 is 36.0 Å². The lowest BCUT2D eigenvalue weighted by Crippen LogP contribution is -2.65. The van der Waals surface area contributed by atoms with Crippen molar-refractivity contribution in [1.82, 2.24) is 25.8 Å². The Labute approximate surface area is 159 Å². The lowest BCUT2D eigenvalue weighted by molar-refractivity contribution is -0.155. The van der Waals surface area contributed by atoms with Gasteiger partial charge in [-0.25, -0.2) is 19.8 Å². The third-order valence-corrected chi connectivity index (χ3v) is 4.26. The molecule has 0 aromatic carbocycles. The van der Waals surface area contributed by atoms with Crippen molar-refractivity contribution in [2.45, 2.75) is 37.8 Å². The molecule has 2 aliphatic rings. The summed E-state index contributed by atoms with van der Waals surface area (Å²) in [6.07, 6.45) is 0.106. The fourth-order valence-corrected chi connectivity index (χ4v) is 3.00. The van der Waals surface area contributed by atoms with Crippen LogP contribution >= 0.6 is 0 Å². The summed E-state index contributed by atoms with van der Waals surface area (Å²) >= 11 is 0. The molecule has 0 aromatic heterocycles. The number of carbonyl (C=O) groups excluding carboxylic acids is 5. The molecule has 2 atom stereocenters. The predicted octanol–water partition coefficient (Wildman–Crippen LogP) is -2.80. The standard InChI is InChI=1S/C15H21N5O8/c21-7-9(6-13(25)26)16-14(27)10-2-1-4-19-12(24)3-5-18(15(28)20(10)19)17-11(23)8-22/h7,9-10,22H,1-6,8H2,(H,16,27)(H,17,23)(H,25,26)/t9-,10-/m0/s1. The van der Waals surface area contributed by atoms with Crippen molar-refractivity contribution in [3.63, 3.8) is 0 Å². The van der Waals surface area contributed by atoms with Crippen molar-refractivity contribution in [2.75, 3.05) is 19.7 Å². The highest BCUT2D eigenvalue weighted by molar-refractivity contribution is 5.92. The molecule has 0 radical (unpaired) electrons. The van der Waals surface area contributed by atoms with E-state index in [4.69, 9.17) is 10.2 Å². The Hall–Kier alpha value is -3.22. The minimum absolute atomic E-state index is 0.113. The average molecular weight is 399 g/mol. The van der Waals surface area contributed by atoms with Gasteiger partial charge in [0.1, 0.15) is 18.9 Å². The van der Waals surface area contributed by atoms with Gasteiger partial charge in [-0.15, -0.1) is 0 Å². The third kappa shape index (κ3) is 4.73. The summed E-state index contributed by atoms with van der Waals surface area (Å²) in [5.74, 6) is -3.39. The topological polar surface area (TPSA) is 177 Å². The summed E-state index contributed by atoms with van der Waals surface area (Å²) in [5.41, 5.74) is 2.16. The number of hydrazine groups is 2. The fraction of sp³-hybridized carbons (Fsp3) is 0.600. The van der Waals surface area contributed by atoms with Crippen LogP contribution in [0.4, 0.5) is 4.79 Å². The van der Waals surface area contributed by atoms with Crippen molar-refractivity contribution in [1.29, 1.82) is 0 Å². The fourth-order valence-electron chi connectivity index (χ4n) is 3.00. The minimum Gasteiger partial charge on any atom is -0.481 e. The monoisotopic (exact) mass is 399 g/mol. The number of fused-ring (bicyclic) bond motifs is 1. The second-order valence-corrected chi connectivity index (χ2v) is 6.25. The normalized spacial score (nSPS) is 20.8. The third-order valence-electron chi connectivity index (χ3n) is 4.26. The molecule has 2 heterocycles. The van der Waals surface area contributed by atoms with Crippen molar-refractivity contribution in [3.8, 4) is 0 Å². The summed E-state index contributed by atoms with van der Waals surface area (Å²) in [7, 11) is 0. The molecule has 4 N–H and O–H groups in total. The molecule has 2 rings (SSSR count). The predicted molar refractivity (Wildman–Crippen MR) is 88.8 cm³/mol. The Bertz CT molecular complexity index is 683. The van der Waals surface area contributed by atoms with Gasteiger partial charge in [0.15, 0.2) is 0 Å². The molecule has 28 heavy (non-hydrogen) atoms. The van der Waals surface area contributed by atoms with Gasteiger partial charge in [-0.3, -0.25) is 24.6 Å². The highest BCUT2D eigenvalue weighted by Gasteiger charge is 2.44. The van der Waals surface area contributed by atoms with Crippen LogP contribution in [-0.4, -0.2) is 93.0 Å². The van der Waals surface area contributed by atoms with E-state index >= 15 is 0 Å². The zero-order valence-corrected chi connectivity index (χ0v) is 14.9. The first kappa shape index (κ1) is 21.1. The van der Waals surface area contributed by atoms with Crippen LogP contribution in [0.2, 0.25) is 0 Å². The van der Waals surface area contributed by atoms with Crippen LogP contribution in [0.5, 0.6) is 0 Å². The number of nitrogens with zero attached hydrogens (tertiary/aromatic N) is 3. The number of aliphatic hydroxyl groups is 1. The molecule has 0 aromatic rings. The van der Waals surface area contributed by atoms with Gasteiger partial charge in [0.25, 0.3) is 5.91 Å². The Morgan fingerprint density at radius 1 is 1.25 bits per heavy atom. The largest absolute Gasteiger partial charge is 0.481 e. The highest BCUT2D eigenvalue weighted by atomic mass is 16.4. The molecular weight excluding hydrogens is 378 g/mol. The molecule has 2 aliphatic heterocycles. The van der Waals surface area contributed by atoms with Gasteiger partial charge in [-0.2, -0.15) is 0 Å². The number of amides is 5. The van der Waals surface area contributed by atoms with Crippen LogP contribution in [0.1, 0.15) is 25.7 Å². The molecule has 0 unspecified atom stereocenters. The number of carboxylic acids is 1. The molecule has 0 aliphatic carbocycles. The second kappa shape index (κ2) is 9.12. The first-order valence-corrected chi connectivity index (χ1v) is 8.57. The number of hydrogen-bond acceptors (Lipinski definition) is 7. The van der Waals surface area contributed by atoms with Gasteiger partial charge in [0.2, 0.25) is 11.8 Å². The van der Waals surface area contributed by atoms with E-state index in [0.29, 0.717) is 6.42 Å². The molecule has 0 spiro atoms. The Morgan fingerprint density at radius 3 is 2.57 bits per heavy atom. The molecule has 0 bridgehead atoms. The molecular formula is C15H21N5O8. The summed E-state index contributed by atoms with van der Waals surface area (Å²) in [6.45, 7) is -0.843. The maximum atomic E-state index is 12.8. The van der Waals surface area contributed by atoms with E-state index in [2.05, 4.69) is 10.7 Å². The van der Waals surface area contributed by atoms with Crippen LogP contribution in [0, 0.1) is 0 Å². The number of carbonyl (C=O) groups is 6. The Balaban J connectivity index is 2.24. The second-order valence-electron chi connectivity index (χ2n) is 6.25. The Kier molecular flexibility index (Phi) is 6.87. The average Bonchev–Trinajstić information content (AvgIpc) is 2.78. The smallest absolute Gasteiger partial charge is 0.358 e. The zero-order valence-electron chi connectivity index (χ0n) is 14.9. The molecule has 5 amide bonds. The Morgan fingerprint density at radius 2 is 1.96 bits per heavy atom. The number of urea groups is 1.